The first-order valence-corrected chi connectivity index (χ1v) is 11.3. The topological polar surface area (TPSA) is 45.2 Å². The minimum Gasteiger partial charge on any atom is -0.497 e. The number of fused-ring (bicyclic) bond motifs is 3. The quantitative estimate of drug-likeness (QED) is 0.759. The number of methoxy groups -OCH3 is 1. The molecule has 0 N–H and O–H groups in total. The van der Waals surface area contributed by atoms with Crippen LogP contribution in [0.2, 0.25) is 0 Å². The average molecular weight is 422 g/mol. The Bertz CT molecular complexity index is 924. The van der Waals surface area contributed by atoms with Crippen molar-refractivity contribution in [2.45, 2.75) is 44.0 Å². The van der Waals surface area contributed by atoms with E-state index in [4.69, 9.17) is 9.47 Å². The lowest BCUT2D eigenvalue weighted by Gasteiger charge is -2.38. The molecule has 2 saturated heterocycles. The van der Waals surface area contributed by atoms with Gasteiger partial charge in [-0.15, -0.1) is 0 Å². The third-order valence-electron chi connectivity index (χ3n) is 6.96. The maximum atomic E-state index is 14.0. The van der Waals surface area contributed by atoms with Crippen LogP contribution in [0.3, 0.4) is 0 Å². The summed E-state index contributed by atoms with van der Waals surface area (Å²) in [4.78, 5) is 20.7. The standard InChI is InChI=1S/C25H31N3O3/c1-26-13-11-19(12-14-26)27-17-21-15-23(27)25(29)28(22-5-3-4-6-24(22)31-21)16-18-7-9-20(30-2)10-8-18/h3-10,19,21,23H,11-17H2,1-2H3. The summed E-state index contributed by atoms with van der Waals surface area (Å²) < 4.78 is 11.7. The molecular weight excluding hydrogens is 390 g/mol. The first-order valence-electron chi connectivity index (χ1n) is 11.3. The van der Waals surface area contributed by atoms with Crippen LogP contribution in [0.1, 0.15) is 24.8 Å². The monoisotopic (exact) mass is 421 g/mol. The number of hydrogen-bond acceptors (Lipinski definition) is 5. The Hall–Kier alpha value is -2.57. The van der Waals surface area contributed by atoms with Crippen LogP contribution in [-0.4, -0.2) is 67.7 Å². The van der Waals surface area contributed by atoms with Gasteiger partial charge in [-0.3, -0.25) is 9.69 Å². The Balaban J connectivity index is 1.46. The van der Waals surface area contributed by atoms with Crippen LogP contribution >= 0.6 is 0 Å². The molecule has 2 unspecified atom stereocenters. The fourth-order valence-electron chi connectivity index (χ4n) is 5.21. The van der Waals surface area contributed by atoms with Gasteiger partial charge in [0.15, 0.2) is 0 Å². The Labute approximate surface area is 184 Å². The van der Waals surface area contributed by atoms with Gasteiger partial charge in [0.05, 0.1) is 25.4 Å². The van der Waals surface area contributed by atoms with Crippen LogP contribution in [0.5, 0.6) is 11.5 Å². The third kappa shape index (κ3) is 4.02. The van der Waals surface area contributed by atoms with Gasteiger partial charge < -0.3 is 19.3 Å². The number of para-hydroxylation sites is 2. The van der Waals surface area contributed by atoms with Crippen molar-refractivity contribution in [3.05, 3.63) is 54.1 Å². The molecule has 1 amide bonds. The predicted molar refractivity (Wildman–Crippen MR) is 121 cm³/mol. The molecule has 2 aromatic rings. The van der Waals surface area contributed by atoms with E-state index in [1.165, 1.54) is 0 Å². The molecule has 6 heteroatoms. The second-order valence-corrected chi connectivity index (χ2v) is 8.96. The number of anilines is 1. The maximum Gasteiger partial charge on any atom is 0.244 e. The fourth-order valence-corrected chi connectivity index (χ4v) is 5.21. The summed E-state index contributed by atoms with van der Waals surface area (Å²) in [6, 6.07) is 16.2. The minimum atomic E-state index is -0.120. The molecular formula is C25H31N3O3. The first kappa shape index (κ1) is 20.3. The lowest BCUT2D eigenvalue weighted by Crippen LogP contribution is -2.51. The molecule has 0 radical (unpaired) electrons. The molecule has 164 valence electrons. The zero-order valence-corrected chi connectivity index (χ0v) is 18.4. The number of benzene rings is 2. The predicted octanol–water partition coefficient (Wildman–Crippen LogP) is 3.16. The van der Waals surface area contributed by atoms with Crippen molar-refractivity contribution in [1.29, 1.82) is 0 Å². The van der Waals surface area contributed by atoms with E-state index in [2.05, 4.69) is 16.8 Å². The smallest absolute Gasteiger partial charge is 0.244 e. The van der Waals surface area contributed by atoms with Gasteiger partial charge in [0.25, 0.3) is 0 Å². The molecule has 5 rings (SSSR count). The van der Waals surface area contributed by atoms with Crippen LogP contribution in [0.4, 0.5) is 5.69 Å². The first-order chi connectivity index (χ1) is 15.1. The molecule has 2 bridgehead atoms. The van der Waals surface area contributed by atoms with E-state index < -0.39 is 0 Å². The molecule has 0 spiro atoms. The summed E-state index contributed by atoms with van der Waals surface area (Å²) in [6.45, 7) is 3.52. The molecule has 0 aromatic heterocycles. The SMILES string of the molecule is COc1ccc(CN2C(=O)C3CC(CN3C3CCN(C)CC3)Oc3ccccc32)cc1. The van der Waals surface area contributed by atoms with Crippen LogP contribution in [0, 0.1) is 0 Å². The number of rotatable bonds is 4. The average Bonchev–Trinajstić information content (AvgIpc) is 3.23. The molecule has 31 heavy (non-hydrogen) atoms. The van der Waals surface area contributed by atoms with Gasteiger partial charge in [0.2, 0.25) is 5.91 Å². The molecule has 3 heterocycles. The number of carbonyl (C=O) groups is 1. The molecule has 0 saturated carbocycles. The lowest BCUT2D eigenvalue weighted by molar-refractivity contribution is -0.124. The van der Waals surface area contributed by atoms with Crippen LogP contribution in [0.15, 0.2) is 48.5 Å². The van der Waals surface area contributed by atoms with E-state index in [9.17, 15) is 4.79 Å². The van der Waals surface area contributed by atoms with E-state index in [-0.39, 0.29) is 18.1 Å². The highest BCUT2D eigenvalue weighted by atomic mass is 16.5. The molecule has 3 aliphatic heterocycles. The van der Waals surface area contributed by atoms with Crippen molar-refractivity contribution >= 4 is 11.6 Å². The zero-order valence-electron chi connectivity index (χ0n) is 18.4. The van der Waals surface area contributed by atoms with Crippen molar-refractivity contribution in [1.82, 2.24) is 9.80 Å². The van der Waals surface area contributed by atoms with E-state index in [0.717, 1.165) is 61.6 Å². The third-order valence-corrected chi connectivity index (χ3v) is 6.96. The van der Waals surface area contributed by atoms with Crippen molar-refractivity contribution < 1.29 is 14.3 Å². The number of hydrogen-bond donors (Lipinski definition) is 0. The molecule has 3 aliphatic rings. The number of nitrogens with zero attached hydrogens (tertiary/aromatic N) is 3. The van der Waals surface area contributed by atoms with E-state index in [0.29, 0.717) is 12.6 Å². The van der Waals surface area contributed by atoms with Gasteiger partial charge in [-0.05, 0) is 62.8 Å². The molecule has 2 aromatic carbocycles. The highest BCUT2D eigenvalue weighted by Crippen LogP contribution is 2.38. The number of ether oxygens (including phenoxy) is 2. The summed E-state index contributed by atoms with van der Waals surface area (Å²) >= 11 is 0. The van der Waals surface area contributed by atoms with E-state index in [1.807, 2.05) is 53.4 Å². The lowest BCUT2D eigenvalue weighted by atomic mass is 10.0. The second kappa shape index (κ2) is 8.52. The van der Waals surface area contributed by atoms with Crippen molar-refractivity contribution in [3.63, 3.8) is 0 Å². The van der Waals surface area contributed by atoms with Crippen molar-refractivity contribution in [2.24, 2.45) is 0 Å². The minimum absolute atomic E-state index is 0.0675. The van der Waals surface area contributed by atoms with E-state index in [1.54, 1.807) is 7.11 Å². The maximum absolute atomic E-state index is 14.0. The van der Waals surface area contributed by atoms with Gasteiger partial charge in [-0.2, -0.15) is 0 Å². The Morgan fingerprint density at radius 1 is 1.06 bits per heavy atom. The number of amides is 1. The molecule has 2 atom stereocenters. The Morgan fingerprint density at radius 2 is 1.81 bits per heavy atom. The van der Waals surface area contributed by atoms with Crippen molar-refractivity contribution in [2.75, 3.05) is 38.7 Å². The number of likely N-dealkylation sites (tertiary alicyclic amines) is 2. The zero-order chi connectivity index (χ0) is 21.4. The van der Waals surface area contributed by atoms with Gasteiger partial charge in [-0.1, -0.05) is 24.3 Å². The van der Waals surface area contributed by atoms with Crippen LogP contribution in [0.25, 0.3) is 0 Å². The molecule has 2 fully saturated rings. The summed E-state index contributed by atoms with van der Waals surface area (Å²) in [6.07, 6.45) is 3.05. The van der Waals surface area contributed by atoms with Crippen LogP contribution < -0.4 is 14.4 Å². The summed E-state index contributed by atoms with van der Waals surface area (Å²) in [7, 11) is 3.84. The summed E-state index contributed by atoms with van der Waals surface area (Å²) in [5.74, 6) is 1.81. The second-order valence-electron chi connectivity index (χ2n) is 8.96. The molecule has 6 nitrogen and oxygen atoms in total. The number of carbonyl (C=O) groups excluding carboxylic acids is 1. The molecule has 0 aliphatic carbocycles. The van der Waals surface area contributed by atoms with Gasteiger partial charge in [-0.25, -0.2) is 0 Å². The van der Waals surface area contributed by atoms with Crippen LogP contribution in [-0.2, 0) is 11.3 Å². The fraction of sp³-hybridized carbons (Fsp3) is 0.480. The summed E-state index contributed by atoms with van der Waals surface area (Å²) in [5, 5.41) is 0. The Morgan fingerprint density at radius 3 is 2.55 bits per heavy atom. The van der Waals surface area contributed by atoms with E-state index >= 15 is 0 Å². The van der Waals surface area contributed by atoms with Crippen molar-refractivity contribution in [3.8, 4) is 11.5 Å². The van der Waals surface area contributed by atoms with Gasteiger partial charge in [0.1, 0.15) is 17.6 Å². The Kier molecular flexibility index (Phi) is 5.59. The normalized spacial score (nSPS) is 25.0. The highest BCUT2D eigenvalue weighted by Gasteiger charge is 2.45. The summed E-state index contributed by atoms with van der Waals surface area (Å²) in [5.41, 5.74) is 1.94. The van der Waals surface area contributed by atoms with Gasteiger partial charge in [0, 0.05) is 19.0 Å². The highest BCUT2D eigenvalue weighted by molar-refractivity contribution is 5.99. The number of piperidine rings is 1. The van der Waals surface area contributed by atoms with Gasteiger partial charge >= 0.3 is 0 Å². The largest absolute Gasteiger partial charge is 0.497 e.